The number of anilines is 2. The first kappa shape index (κ1) is 30.9. The van der Waals surface area contributed by atoms with Gasteiger partial charge in [-0.2, -0.15) is 13.9 Å². The van der Waals surface area contributed by atoms with E-state index in [-0.39, 0.29) is 47.7 Å². The predicted molar refractivity (Wildman–Crippen MR) is 173 cm³/mol. The summed E-state index contributed by atoms with van der Waals surface area (Å²) in [7, 11) is 1.65. The molecule has 0 radical (unpaired) electrons. The number of nitrogens with zero attached hydrogens (tertiary/aromatic N) is 7. The average molecular weight is 662 g/mol. The third-order valence-corrected chi connectivity index (χ3v) is 9.89. The minimum absolute atomic E-state index is 0.0641. The van der Waals surface area contributed by atoms with E-state index < -0.39 is 11.8 Å². The summed E-state index contributed by atoms with van der Waals surface area (Å²) in [6.45, 7) is 3.53. The molecule has 252 valence electrons. The molecule has 2 aromatic heterocycles. The van der Waals surface area contributed by atoms with E-state index in [4.69, 9.17) is 14.5 Å². The van der Waals surface area contributed by atoms with E-state index in [1.807, 2.05) is 12.1 Å². The third-order valence-electron chi connectivity index (χ3n) is 9.89. The predicted octanol–water partition coefficient (Wildman–Crippen LogP) is 2.64. The van der Waals surface area contributed by atoms with Crippen LogP contribution in [-0.4, -0.2) is 75.4 Å². The van der Waals surface area contributed by atoms with E-state index in [1.54, 1.807) is 34.4 Å². The maximum atomic E-state index is 14.8. The summed E-state index contributed by atoms with van der Waals surface area (Å²) in [5, 5.41) is 4.98. The van der Waals surface area contributed by atoms with Crippen molar-refractivity contribution >= 4 is 28.2 Å². The Bertz CT molecular complexity index is 2030. The van der Waals surface area contributed by atoms with E-state index >= 15 is 0 Å². The minimum Gasteiger partial charge on any atom is -0.382 e. The zero-order valence-electron chi connectivity index (χ0n) is 26.7. The summed E-state index contributed by atoms with van der Waals surface area (Å²) in [6.07, 6.45) is 3.65. The number of fused-ring (bicyclic) bond motifs is 3. The maximum absolute atomic E-state index is 14.8. The average Bonchev–Trinajstić information content (AvgIpc) is 3.67. The Morgan fingerprint density at radius 1 is 1.04 bits per heavy atom. The van der Waals surface area contributed by atoms with Crippen LogP contribution in [0.5, 0.6) is 0 Å². The highest BCUT2D eigenvalue weighted by Gasteiger charge is 2.56. The van der Waals surface area contributed by atoms with Crippen molar-refractivity contribution in [3.63, 3.8) is 0 Å². The number of benzene rings is 2. The molecule has 4 aliphatic rings. The van der Waals surface area contributed by atoms with Crippen LogP contribution in [0.15, 0.2) is 46.0 Å². The number of methoxy groups -OCH3 is 1. The van der Waals surface area contributed by atoms with Crippen molar-refractivity contribution in [2.45, 2.75) is 76.2 Å². The number of aromatic nitrogens is 5. The molecule has 1 amide bonds. The number of carbonyl (C=O) groups is 1. The van der Waals surface area contributed by atoms with Crippen molar-refractivity contribution in [1.29, 1.82) is 0 Å². The molecular formula is C34H37F2N7O5. The van der Waals surface area contributed by atoms with Crippen molar-refractivity contribution in [2.75, 3.05) is 43.2 Å². The number of halogens is 2. The number of rotatable bonds is 10. The largest absolute Gasteiger partial charge is 0.382 e. The number of hydrogen-bond acceptors (Lipinski definition) is 8. The summed E-state index contributed by atoms with van der Waals surface area (Å²) >= 11 is 0. The van der Waals surface area contributed by atoms with Crippen LogP contribution in [0.1, 0.15) is 42.0 Å². The summed E-state index contributed by atoms with van der Waals surface area (Å²) in [5.41, 5.74) is 1.81. The van der Waals surface area contributed by atoms with Crippen LogP contribution in [0.3, 0.4) is 0 Å². The summed E-state index contributed by atoms with van der Waals surface area (Å²) in [6, 6.07) is 10.0. The Hall–Kier alpha value is -4.43. The molecule has 1 saturated carbocycles. The first-order valence-corrected chi connectivity index (χ1v) is 16.6. The lowest BCUT2D eigenvalue weighted by atomic mass is 10.0. The highest BCUT2D eigenvalue weighted by atomic mass is 19.3. The van der Waals surface area contributed by atoms with Crippen molar-refractivity contribution in [3.8, 4) is 0 Å². The Balaban J connectivity index is 1.12. The van der Waals surface area contributed by atoms with E-state index in [0.29, 0.717) is 75.3 Å². The second-order valence-electron chi connectivity index (χ2n) is 13.1. The smallest absolute Gasteiger partial charge is 0.352 e. The van der Waals surface area contributed by atoms with Gasteiger partial charge in [0.2, 0.25) is 0 Å². The molecular weight excluding hydrogens is 624 g/mol. The molecule has 4 aromatic rings. The van der Waals surface area contributed by atoms with E-state index in [1.165, 1.54) is 15.6 Å². The van der Waals surface area contributed by atoms with Crippen molar-refractivity contribution in [1.82, 2.24) is 23.9 Å². The SMILES string of the molecule is COC[C@H]1CN(c2ccc3c(=O)n(CCc4ccc5c(c4)N(C4CC4)C(=O)C5(F)F)c(CCn4nc5n(c4=O)CCC5)nc3c2)CCO1. The van der Waals surface area contributed by atoms with E-state index in [2.05, 4.69) is 10.00 Å². The lowest BCUT2D eigenvalue weighted by Gasteiger charge is -2.34. The molecule has 3 aliphatic heterocycles. The molecule has 12 nitrogen and oxygen atoms in total. The molecule has 2 fully saturated rings. The molecule has 1 atom stereocenters. The van der Waals surface area contributed by atoms with Gasteiger partial charge in [0.1, 0.15) is 11.6 Å². The van der Waals surface area contributed by atoms with Crippen LogP contribution in [0.2, 0.25) is 0 Å². The molecule has 14 heteroatoms. The molecule has 2 aromatic carbocycles. The summed E-state index contributed by atoms with van der Waals surface area (Å²) in [5.74, 6) is -3.43. The highest BCUT2D eigenvalue weighted by Crippen LogP contribution is 2.48. The van der Waals surface area contributed by atoms with Crippen LogP contribution >= 0.6 is 0 Å². The van der Waals surface area contributed by atoms with E-state index in [9.17, 15) is 23.2 Å². The van der Waals surface area contributed by atoms with Crippen LogP contribution in [0.25, 0.3) is 10.9 Å². The number of carbonyl (C=O) groups excluding carboxylic acids is 1. The first-order valence-electron chi connectivity index (χ1n) is 16.6. The second kappa shape index (κ2) is 11.9. The van der Waals surface area contributed by atoms with Gasteiger partial charge in [-0.05, 0) is 55.5 Å². The van der Waals surface area contributed by atoms with Gasteiger partial charge < -0.3 is 19.3 Å². The molecule has 8 rings (SSSR count). The third kappa shape index (κ3) is 5.30. The van der Waals surface area contributed by atoms with Crippen molar-refractivity contribution < 1.29 is 23.0 Å². The van der Waals surface area contributed by atoms with Crippen molar-refractivity contribution in [2.24, 2.45) is 0 Å². The first-order chi connectivity index (χ1) is 23.2. The number of amides is 1. The topological polar surface area (TPSA) is 117 Å². The molecule has 5 heterocycles. The highest BCUT2D eigenvalue weighted by molar-refractivity contribution is 6.06. The van der Waals surface area contributed by atoms with Crippen LogP contribution < -0.4 is 21.0 Å². The number of alkyl halides is 2. The Morgan fingerprint density at radius 3 is 2.69 bits per heavy atom. The quantitative estimate of drug-likeness (QED) is 0.255. The van der Waals surface area contributed by atoms with Gasteiger partial charge in [-0.3, -0.25) is 18.7 Å². The fourth-order valence-corrected chi connectivity index (χ4v) is 7.27. The van der Waals surface area contributed by atoms with Gasteiger partial charge in [-0.1, -0.05) is 12.1 Å². The molecule has 0 unspecified atom stereocenters. The van der Waals surface area contributed by atoms with Crippen molar-refractivity contribution in [3.05, 3.63) is 80.0 Å². The van der Waals surface area contributed by atoms with Crippen LogP contribution in [0, 0.1) is 0 Å². The zero-order valence-corrected chi connectivity index (χ0v) is 26.7. The summed E-state index contributed by atoms with van der Waals surface area (Å²) in [4.78, 5) is 48.0. The monoisotopic (exact) mass is 661 g/mol. The fraction of sp³-hybridized carbons (Fsp3) is 0.500. The second-order valence-corrected chi connectivity index (χ2v) is 13.1. The number of ether oxygens (including phenoxy) is 2. The van der Waals surface area contributed by atoms with Gasteiger partial charge in [0, 0.05) is 57.9 Å². The molecule has 1 aliphatic carbocycles. The van der Waals surface area contributed by atoms with E-state index in [0.717, 1.165) is 29.9 Å². The maximum Gasteiger partial charge on any atom is 0.352 e. The van der Waals surface area contributed by atoms with Gasteiger partial charge in [-0.15, -0.1) is 0 Å². The lowest BCUT2D eigenvalue weighted by Crippen LogP contribution is -2.44. The molecule has 0 N–H and O–H groups in total. The Labute approximate surface area is 274 Å². The van der Waals surface area contributed by atoms with Gasteiger partial charge in [0.25, 0.3) is 5.56 Å². The van der Waals surface area contributed by atoms with Gasteiger partial charge in [0.15, 0.2) is 0 Å². The van der Waals surface area contributed by atoms with Crippen LogP contribution in [0.4, 0.5) is 20.2 Å². The number of morpholine rings is 1. The van der Waals surface area contributed by atoms with Gasteiger partial charge in [0.05, 0.1) is 48.0 Å². The summed E-state index contributed by atoms with van der Waals surface area (Å²) < 4.78 is 45.5. The fourth-order valence-electron chi connectivity index (χ4n) is 7.27. The zero-order chi connectivity index (χ0) is 33.2. The molecule has 0 spiro atoms. The standard InChI is InChI=1S/C34H37F2N7O5/c1-47-20-24-19-39(15-16-48-24)23-7-8-25-27(18-23)37-29(11-14-42-33(46)41-12-2-3-30(41)38-42)40(31(25)44)13-10-21-4-9-26-28(17-21)43(22-5-6-22)32(45)34(26,35)36/h4,7-9,17-18,22,24H,2-3,5-6,10-16,19-20H2,1H3/t24-/m1/s1. The number of hydrogen-bond donors (Lipinski definition) is 0. The Morgan fingerprint density at radius 2 is 1.90 bits per heavy atom. The minimum atomic E-state index is -3.54. The van der Waals surface area contributed by atoms with Gasteiger partial charge >= 0.3 is 17.5 Å². The molecule has 1 saturated heterocycles. The van der Waals surface area contributed by atoms with Gasteiger partial charge in [-0.25, -0.2) is 14.5 Å². The molecule has 0 bridgehead atoms. The number of aryl methyl sites for hydroxylation is 4. The molecule has 48 heavy (non-hydrogen) atoms. The van der Waals surface area contributed by atoms with Crippen LogP contribution in [-0.2, 0) is 59.1 Å². The lowest BCUT2D eigenvalue weighted by molar-refractivity contribution is -0.141. The normalized spacial score (nSPS) is 20.1. The Kier molecular flexibility index (Phi) is 7.67.